The Morgan fingerprint density at radius 1 is 1.33 bits per heavy atom. The monoisotopic (exact) mass is 238 g/mol. The number of hydrogen-bond donors (Lipinski definition) is 1. The normalized spacial score (nSPS) is 10.6. The number of aromatic nitrogens is 1. The average Bonchev–Trinajstić information content (AvgIpc) is 2.49. The number of nitrogens with two attached hydrogens (primary N) is 1. The van der Waals surface area contributed by atoms with E-state index in [4.69, 9.17) is 17.3 Å². The summed E-state index contributed by atoms with van der Waals surface area (Å²) >= 11 is 7.42. The zero-order valence-electron chi connectivity index (χ0n) is 8.54. The van der Waals surface area contributed by atoms with Crippen molar-refractivity contribution in [1.29, 1.82) is 0 Å². The third-order valence-electron chi connectivity index (χ3n) is 2.29. The molecular formula is C11H11ClN2S. The van der Waals surface area contributed by atoms with Crippen LogP contribution >= 0.6 is 23.1 Å². The Morgan fingerprint density at radius 2 is 2.07 bits per heavy atom. The Balaban J connectivity index is 2.59. The molecule has 0 radical (unpaired) electrons. The predicted molar refractivity (Wildman–Crippen MR) is 66.4 cm³/mol. The van der Waals surface area contributed by atoms with Crippen LogP contribution in [0.1, 0.15) is 11.1 Å². The third-order valence-corrected chi connectivity index (χ3v) is 3.68. The van der Waals surface area contributed by atoms with Crippen molar-refractivity contribution in [3.8, 4) is 10.4 Å². The molecule has 0 aliphatic heterocycles. The Hall–Kier alpha value is -1.06. The van der Waals surface area contributed by atoms with Crippen LogP contribution in [0.25, 0.3) is 10.4 Å². The highest BCUT2D eigenvalue weighted by atomic mass is 35.5. The number of nitrogens with zero attached hydrogens (tertiary/aromatic N) is 1. The lowest BCUT2D eigenvalue weighted by atomic mass is 10.0. The second kappa shape index (κ2) is 3.83. The van der Waals surface area contributed by atoms with E-state index in [-0.39, 0.29) is 0 Å². The van der Waals surface area contributed by atoms with Crippen LogP contribution in [0.2, 0.25) is 5.02 Å². The van der Waals surface area contributed by atoms with Crippen LogP contribution < -0.4 is 5.73 Å². The van der Waals surface area contributed by atoms with Gasteiger partial charge in [0.05, 0.1) is 4.88 Å². The van der Waals surface area contributed by atoms with Gasteiger partial charge in [0.2, 0.25) is 0 Å². The largest absolute Gasteiger partial charge is 0.382 e. The summed E-state index contributed by atoms with van der Waals surface area (Å²) in [7, 11) is 0. The van der Waals surface area contributed by atoms with Gasteiger partial charge in [-0.3, -0.25) is 0 Å². The Kier molecular flexibility index (Phi) is 2.67. The third kappa shape index (κ3) is 1.85. The van der Waals surface area contributed by atoms with Gasteiger partial charge < -0.3 is 5.73 Å². The van der Waals surface area contributed by atoms with E-state index in [2.05, 4.69) is 36.4 Å². The van der Waals surface area contributed by atoms with Gasteiger partial charge in [-0.25, -0.2) is 0 Å². The van der Waals surface area contributed by atoms with Gasteiger partial charge in [-0.2, -0.15) is 4.37 Å². The van der Waals surface area contributed by atoms with Crippen molar-refractivity contribution < 1.29 is 0 Å². The highest BCUT2D eigenvalue weighted by Crippen LogP contribution is 2.37. The summed E-state index contributed by atoms with van der Waals surface area (Å²) in [5.41, 5.74) is 9.17. The summed E-state index contributed by atoms with van der Waals surface area (Å²) < 4.78 is 4.04. The number of hydrogen-bond acceptors (Lipinski definition) is 3. The van der Waals surface area contributed by atoms with Crippen LogP contribution in [0.4, 0.5) is 5.82 Å². The average molecular weight is 239 g/mol. The molecule has 0 atom stereocenters. The molecule has 1 heterocycles. The van der Waals surface area contributed by atoms with Crippen molar-refractivity contribution in [2.45, 2.75) is 13.8 Å². The molecule has 15 heavy (non-hydrogen) atoms. The molecule has 78 valence electrons. The first-order chi connectivity index (χ1) is 7.09. The molecule has 0 bridgehead atoms. The summed E-state index contributed by atoms with van der Waals surface area (Å²) in [5.74, 6) is 0.414. The minimum absolute atomic E-state index is 0.414. The van der Waals surface area contributed by atoms with Gasteiger partial charge in [-0.15, -0.1) is 0 Å². The van der Waals surface area contributed by atoms with E-state index in [9.17, 15) is 0 Å². The van der Waals surface area contributed by atoms with E-state index < -0.39 is 0 Å². The molecule has 0 fully saturated rings. The van der Waals surface area contributed by atoms with Crippen LogP contribution in [-0.2, 0) is 0 Å². The van der Waals surface area contributed by atoms with Gasteiger partial charge in [0, 0.05) is 0 Å². The predicted octanol–water partition coefficient (Wildman–Crippen LogP) is 3.66. The summed E-state index contributed by atoms with van der Waals surface area (Å²) in [5, 5.41) is 0.562. The molecule has 0 saturated heterocycles. The molecule has 0 spiro atoms. The van der Waals surface area contributed by atoms with E-state index in [0.29, 0.717) is 10.8 Å². The van der Waals surface area contributed by atoms with E-state index in [0.717, 1.165) is 10.4 Å². The van der Waals surface area contributed by atoms with Crippen molar-refractivity contribution in [1.82, 2.24) is 4.37 Å². The first-order valence-electron chi connectivity index (χ1n) is 4.58. The standard InChI is InChI=1S/C11H11ClN2S/c1-6-3-4-8(7(2)5-6)10-9(12)11(13)14-15-10/h3-5H,1-2H3,(H2,13,14). The highest BCUT2D eigenvalue weighted by molar-refractivity contribution is 7.10. The molecule has 2 nitrogen and oxygen atoms in total. The van der Waals surface area contributed by atoms with Crippen molar-refractivity contribution in [2.24, 2.45) is 0 Å². The first-order valence-corrected chi connectivity index (χ1v) is 5.73. The minimum Gasteiger partial charge on any atom is -0.382 e. The van der Waals surface area contributed by atoms with E-state index in [1.54, 1.807) is 0 Å². The summed E-state index contributed by atoms with van der Waals surface area (Å²) in [6.45, 7) is 4.13. The van der Waals surface area contributed by atoms with E-state index in [1.165, 1.54) is 22.7 Å². The van der Waals surface area contributed by atoms with Crippen LogP contribution in [-0.4, -0.2) is 4.37 Å². The molecule has 4 heteroatoms. The Morgan fingerprint density at radius 3 is 2.60 bits per heavy atom. The molecular weight excluding hydrogens is 228 g/mol. The molecule has 1 aromatic heterocycles. The second-order valence-electron chi connectivity index (χ2n) is 3.53. The summed E-state index contributed by atoms with van der Waals surface area (Å²) in [4.78, 5) is 0.951. The number of rotatable bonds is 1. The lowest BCUT2D eigenvalue weighted by molar-refractivity contribution is 1.39. The van der Waals surface area contributed by atoms with Crippen molar-refractivity contribution in [3.63, 3.8) is 0 Å². The van der Waals surface area contributed by atoms with Crippen LogP contribution in [0.15, 0.2) is 18.2 Å². The minimum atomic E-state index is 0.414. The van der Waals surface area contributed by atoms with Gasteiger partial charge in [-0.05, 0) is 36.5 Å². The molecule has 2 N–H and O–H groups in total. The summed E-state index contributed by atoms with van der Waals surface area (Å²) in [6.07, 6.45) is 0. The molecule has 2 aromatic rings. The van der Waals surface area contributed by atoms with Crippen molar-refractivity contribution >= 4 is 29.0 Å². The highest BCUT2D eigenvalue weighted by Gasteiger charge is 2.12. The second-order valence-corrected chi connectivity index (χ2v) is 4.68. The molecule has 0 aliphatic carbocycles. The number of halogens is 1. The zero-order chi connectivity index (χ0) is 11.0. The number of aryl methyl sites for hydroxylation is 2. The molecule has 0 unspecified atom stereocenters. The fraction of sp³-hybridized carbons (Fsp3) is 0.182. The van der Waals surface area contributed by atoms with E-state index >= 15 is 0 Å². The SMILES string of the molecule is Cc1ccc(-c2snc(N)c2Cl)c(C)c1. The van der Waals surface area contributed by atoms with Gasteiger partial charge >= 0.3 is 0 Å². The Labute approximate surface area is 97.9 Å². The lowest BCUT2D eigenvalue weighted by Gasteiger charge is -2.04. The summed E-state index contributed by atoms with van der Waals surface area (Å²) in [6, 6.07) is 6.25. The van der Waals surface area contributed by atoms with Gasteiger partial charge in [-0.1, -0.05) is 35.4 Å². The first kappa shape index (κ1) is 10.5. The Bertz CT molecular complexity index is 505. The quantitative estimate of drug-likeness (QED) is 0.824. The maximum absolute atomic E-state index is 6.08. The maximum Gasteiger partial charge on any atom is 0.156 e. The topological polar surface area (TPSA) is 38.9 Å². The number of nitrogen functional groups attached to an aromatic ring is 1. The lowest BCUT2D eigenvalue weighted by Crippen LogP contribution is -1.85. The molecule has 0 amide bonds. The van der Waals surface area contributed by atoms with Gasteiger partial charge in [0.1, 0.15) is 5.02 Å². The fourth-order valence-corrected chi connectivity index (χ4v) is 2.62. The number of anilines is 1. The molecule has 1 aromatic carbocycles. The van der Waals surface area contributed by atoms with E-state index in [1.807, 2.05) is 0 Å². The number of benzene rings is 1. The zero-order valence-corrected chi connectivity index (χ0v) is 10.1. The molecule has 0 saturated carbocycles. The molecule has 0 aliphatic rings. The van der Waals surface area contributed by atoms with Crippen molar-refractivity contribution in [3.05, 3.63) is 34.3 Å². The van der Waals surface area contributed by atoms with Crippen molar-refractivity contribution in [2.75, 3.05) is 5.73 Å². The van der Waals surface area contributed by atoms with Crippen LogP contribution in [0.5, 0.6) is 0 Å². The van der Waals surface area contributed by atoms with Crippen LogP contribution in [0.3, 0.4) is 0 Å². The van der Waals surface area contributed by atoms with Gasteiger partial charge in [0.25, 0.3) is 0 Å². The van der Waals surface area contributed by atoms with Crippen LogP contribution in [0, 0.1) is 13.8 Å². The molecule has 2 rings (SSSR count). The van der Waals surface area contributed by atoms with Gasteiger partial charge in [0.15, 0.2) is 5.82 Å². The maximum atomic E-state index is 6.08. The smallest absolute Gasteiger partial charge is 0.156 e. The fourth-order valence-electron chi connectivity index (χ4n) is 1.53.